The van der Waals surface area contributed by atoms with E-state index < -0.39 is 18.1 Å². The Balaban J connectivity index is 2.41. The number of carbonyl (C=O) groups is 2. The van der Waals surface area contributed by atoms with Gasteiger partial charge in [-0.3, -0.25) is 14.9 Å². The molecule has 0 heterocycles. The lowest BCUT2D eigenvalue weighted by atomic mass is 10.1. The van der Waals surface area contributed by atoms with E-state index in [0.29, 0.717) is 6.54 Å². The summed E-state index contributed by atoms with van der Waals surface area (Å²) in [5.41, 5.74) is 0. The largest absolute Gasteiger partial charge is 0.480 e. The Morgan fingerprint density at radius 1 is 1.56 bits per heavy atom. The van der Waals surface area contributed by atoms with Crippen molar-refractivity contribution in [1.29, 1.82) is 0 Å². The number of carboxylic acid groups (broad SMARTS) is 1. The number of nitrogens with one attached hydrogen (secondary N) is 2. The summed E-state index contributed by atoms with van der Waals surface area (Å²) in [6, 6.07) is -1.11. The van der Waals surface area contributed by atoms with Gasteiger partial charge >= 0.3 is 5.97 Å². The van der Waals surface area contributed by atoms with E-state index in [4.69, 9.17) is 5.11 Å². The lowest BCUT2D eigenvalue weighted by Crippen LogP contribution is -2.50. The molecule has 1 aliphatic carbocycles. The van der Waals surface area contributed by atoms with Gasteiger partial charge in [0.05, 0.1) is 6.04 Å². The maximum atomic E-state index is 11.5. The van der Waals surface area contributed by atoms with Gasteiger partial charge in [0.15, 0.2) is 0 Å². The molecule has 1 saturated carbocycles. The van der Waals surface area contributed by atoms with Crippen molar-refractivity contribution in [2.75, 3.05) is 6.54 Å². The molecule has 2 unspecified atom stereocenters. The maximum absolute atomic E-state index is 11.5. The van der Waals surface area contributed by atoms with E-state index >= 15 is 0 Å². The molecular formula is C11H18N2O3. The third-order valence-corrected chi connectivity index (χ3v) is 2.60. The minimum absolute atomic E-state index is 0.173. The van der Waals surface area contributed by atoms with Crippen molar-refractivity contribution in [3.05, 3.63) is 12.7 Å². The van der Waals surface area contributed by atoms with E-state index in [-0.39, 0.29) is 11.8 Å². The van der Waals surface area contributed by atoms with Crippen molar-refractivity contribution in [1.82, 2.24) is 10.6 Å². The van der Waals surface area contributed by atoms with Crippen LogP contribution in [0.4, 0.5) is 0 Å². The lowest BCUT2D eigenvalue weighted by molar-refractivity contribution is -0.140. The van der Waals surface area contributed by atoms with Gasteiger partial charge in [-0.05, 0) is 25.7 Å². The summed E-state index contributed by atoms with van der Waals surface area (Å²) in [4.78, 5) is 22.4. The van der Waals surface area contributed by atoms with Crippen LogP contribution in [0.15, 0.2) is 12.7 Å². The normalized spacial score (nSPS) is 18.6. The molecule has 1 amide bonds. The smallest absolute Gasteiger partial charge is 0.321 e. The van der Waals surface area contributed by atoms with Crippen LogP contribution in [0.1, 0.15) is 19.8 Å². The van der Waals surface area contributed by atoms with E-state index in [2.05, 4.69) is 17.2 Å². The minimum Gasteiger partial charge on any atom is -0.480 e. The molecule has 16 heavy (non-hydrogen) atoms. The monoisotopic (exact) mass is 226 g/mol. The topological polar surface area (TPSA) is 78.4 Å². The van der Waals surface area contributed by atoms with Gasteiger partial charge in [-0.15, -0.1) is 6.58 Å². The fraction of sp³-hybridized carbons (Fsp3) is 0.636. The molecule has 1 rings (SSSR count). The Labute approximate surface area is 94.9 Å². The molecule has 0 radical (unpaired) electrons. The van der Waals surface area contributed by atoms with E-state index in [0.717, 1.165) is 12.8 Å². The van der Waals surface area contributed by atoms with Gasteiger partial charge in [-0.25, -0.2) is 0 Å². The van der Waals surface area contributed by atoms with Crippen LogP contribution in [0.25, 0.3) is 0 Å². The minimum atomic E-state index is -0.883. The van der Waals surface area contributed by atoms with Crippen molar-refractivity contribution in [2.24, 2.45) is 5.92 Å². The number of carbonyl (C=O) groups excluding carboxylic acids is 1. The molecule has 1 aliphatic rings. The first kappa shape index (κ1) is 12.7. The Kier molecular flexibility index (Phi) is 4.49. The zero-order valence-electron chi connectivity index (χ0n) is 9.40. The first-order valence-electron chi connectivity index (χ1n) is 5.43. The van der Waals surface area contributed by atoms with Crippen LogP contribution in [-0.4, -0.2) is 35.6 Å². The number of carboxylic acids is 1. The molecule has 0 bridgehead atoms. The van der Waals surface area contributed by atoms with Crippen molar-refractivity contribution in [3.63, 3.8) is 0 Å². The van der Waals surface area contributed by atoms with Crippen LogP contribution in [-0.2, 0) is 9.59 Å². The first-order valence-corrected chi connectivity index (χ1v) is 5.43. The molecule has 90 valence electrons. The Hall–Kier alpha value is -1.36. The second-order valence-electron chi connectivity index (χ2n) is 4.08. The van der Waals surface area contributed by atoms with Gasteiger partial charge < -0.3 is 10.4 Å². The number of aliphatic carboxylic acids is 1. The van der Waals surface area contributed by atoms with Gasteiger partial charge in [-0.1, -0.05) is 6.08 Å². The molecule has 5 heteroatoms. The zero-order valence-corrected chi connectivity index (χ0v) is 9.40. The highest BCUT2D eigenvalue weighted by atomic mass is 16.4. The molecule has 5 nitrogen and oxygen atoms in total. The summed E-state index contributed by atoms with van der Waals surface area (Å²) in [5.74, 6) is -0.912. The molecule has 2 atom stereocenters. The predicted molar refractivity (Wildman–Crippen MR) is 60.0 cm³/mol. The lowest BCUT2D eigenvalue weighted by Gasteiger charge is -2.19. The summed E-state index contributed by atoms with van der Waals surface area (Å²) in [7, 11) is 0. The zero-order chi connectivity index (χ0) is 12.1. The van der Waals surface area contributed by atoms with Crippen molar-refractivity contribution in [2.45, 2.75) is 31.8 Å². The molecule has 1 fully saturated rings. The molecule has 0 spiro atoms. The third-order valence-electron chi connectivity index (χ3n) is 2.60. The van der Waals surface area contributed by atoms with E-state index in [1.165, 1.54) is 0 Å². The number of rotatable bonds is 7. The quantitative estimate of drug-likeness (QED) is 0.539. The van der Waals surface area contributed by atoms with E-state index in [9.17, 15) is 9.59 Å². The number of hydrogen-bond acceptors (Lipinski definition) is 3. The van der Waals surface area contributed by atoms with Crippen LogP contribution in [0.5, 0.6) is 0 Å². The summed E-state index contributed by atoms with van der Waals surface area (Å²) in [6.45, 7) is 5.55. The van der Waals surface area contributed by atoms with Crippen molar-refractivity contribution >= 4 is 11.9 Å². The number of amides is 1. The Bertz CT molecular complexity index is 287. The third kappa shape index (κ3) is 3.66. The van der Waals surface area contributed by atoms with E-state index in [1.54, 1.807) is 13.0 Å². The molecule has 3 N–H and O–H groups in total. The van der Waals surface area contributed by atoms with Crippen LogP contribution in [0.2, 0.25) is 0 Å². The predicted octanol–water partition coefficient (Wildman–Crippen LogP) is 0.130. The van der Waals surface area contributed by atoms with Crippen LogP contribution < -0.4 is 10.6 Å². The second kappa shape index (κ2) is 5.65. The summed E-state index contributed by atoms with van der Waals surface area (Å²) >= 11 is 0. The van der Waals surface area contributed by atoms with Crippen molar-refractivity contribution in [3.8, 4) is 0 Å². The van der Waals surface area contributed by atoms with Crippen LogP contribution >= 0.6 is 0 Å². The Morgan fingerprint density at radius 3 is 2.62 bits per heavy atom. The fourth-order valence-corrected chi connectivity index (χ4v) is 1.51. The van der Waals surface area contributed by atoms with Gasteiger partial charge in [-0.2, -0.15) is 0 Å². The molecule has 0 aromatic rings. The van der Waals surface area contributed by atoms with Gasteiger partial charge in [0.25, 0.3) is 0 Å². The highest BCUT2D eigenvalue weighted by Gasteiger charge is 2.37. The fourth-order valence-electron chi connectivity index (χ4n) is 1.51. The van der Waals surface area contributed by atoms with Crippen LogP contribution in [0.3, 0.4) is 0 Å². The standard InChI is InChI=1S/C11H18N2O3/c1-3-6-12-10(14)7(2)13-9(11(15)16)8-4-5-8/h3,7-9,13H,1,4-6H2,2H3,(H,12,14)(H,15,16). The molecule has 0 aromatic heterocycles. The first-order chi connectivity index (χ1) is 7.56. The van der Waals surface area contributed by atoms with Gasteiger partial charge in [0.2, 0.25) is 5.91 Å². The molecule has 0 aromatic carbocycles. The van der Waals surface area contributed by atoms with Crippen LogP contribution in [0, 0.1) is 5.92 Å². The summed E-state index contributed by atoms with van der Waals surface area (Å²) in [6.07, 6.45) is 3.43. The van der Waals surface area contributed by atoms with Crippen molar-refractivity contribution < 1.29 is 14.7 Å². The SMILES string of the molecule is C=CCNC(=O)C(C)NC(C(=O)O)C1CC1. The average Bonchev–Trinajstić information content (AvgIpc) is 3.05. The summed E-state index contributed by atoms with van der Waals surface area (Å²) in [5, 5.41) is 14.4. The Morgan fingerprint density at radius 2 is 2.19 bits per heavy atom. The average molecular weight is 226 g/mol. The highest BCUT2D eigenvalue weighted by Crippen LogP contribution is 2.32. The number of hydrogen-bond donors (Lipinski definition) is 3. The van der Waals surface area contributed by atoms with Gasteiger partial charge in [0.1, 0.15) is 6.04 Å². The summed E-state index contributed by atoms with van der Waals surface area (Å²) < 4.78 is 0. The highest BCUT2D eigenvalue weighted by molar-refractivity contribution is 5.83. The molecular weight excluding hydrogens is 208 g/mol. The maximum Gasteiger partial charge on any atom is 0.321 e. The van der Waals surface area contributed by atoms with E-state index in [1.807, 2.05) is 0 Å². The van der Waals surface area contributed by atoms with Gasteiger partial charge in [0, 0.05) is 6.54 Å². The molecule has 0 aliphatic heterocycles. The molecule has 0 saturated heterocycles. The second-order valence-corrected chi connectivity index (χ2v) is 4.08.